The largest absolute Gasteiger partial charge is 0.489 e. The maximum Gasteiger partial charge on any atom is 0.189 e. The van der Waals surface area contributed by atoms with Crippen molar-refractivity contribution in [2.75, 3.05) is 18.0 Å². The Kier molecular flexibility index (Phi) is 4.79. The van der Waals surface area contributed by atoms with Crippen molar-refractivity contribution in [2.24, 2.45) is 0 Å². The van der Waals surface area contributed by atoms with E-state index < -0.39 is 0 Å². The molecule has 0 aliphatic carbocycles. The zero-order valence-electron chi connectivity index (χ0n) is 14.0. The van der Waals surface area contributed by atoms with Crippen molar-refractivity contribution >= 4 is 39.8 Å². The zero-order valence-corrected chi connectivity index (χ0v) is 15.5. The second-order valence-corrected chi connectivity index (χ2v) is 7.23. The number of pyridine rings is 1. The molecule has 0 amide bonds. The lowest BCUT2D eigenvalue weighted by atomic mass is 10.1. The summed E-state index contributed by atoms with van der Waals surface area (Å²) < 4.78 is 6.04. The maximum atomic E-state index is 11.8. The summed E-state index contributed by atoms with van der Waals surface area (Å²) in [7, 11) is 0. The minimum Gasteiger partial charge on any atom is -0.489 e. The minimum atomic E-state index is 0.00787. The predicted octanol–water partition coefficient (Wildman–Crippen LogP) is 5.73. The Labute approximate surface area is 161 Å². The highest BCUT2D eigenvalue weighted by atomic mass is 35.5. The molecule has 1 fully saturated rings. The molecule has 6 heteroatoms. The summed E-state index contributed by atoms with van der Waals surface area (Å²) in [6.45, 7) is 1.75. The van der Waals surface area contributed by atoms with Crippen LogP contribution in [0.4, 0.5) is 5.69 Å². The third-order valence-corrected chi connectivity index (χ3v) is 5.21. The lowest BCUT2D eigenvalue weighted by molar-refractivity contribution is 0.171. The van der Waals surface area contributed by atoms with Crippen molar-refractivity contribution in [2.45, 2.75) is 18.9 Å². The molecule has 2 heterocycles. The Bertz CT molecular complexity index is 940. The predicted molar refractivity (Wildman–Crippen MR) is 104 cm³/mol. The van der Waals surface area contributed by atoms with Gasteiger partial charge in [0.2, 0.25) is 0 Å². The average molecular weight is 388 g/mol. The number of anilines is 1. The van der Waals surface area contributed by atoms with Gasteiger partial charge in [0.05, 0.1) is 10.5 Å². The van der Waals surface area contributed by atoms with E-state index in [4.69, 9.17) is 27.9 Å². The minimum absolute atomic E-state index is 0.00787. The molecule has 0 unspecified atom stereocenters. The van der Waals surface area contributed by atoms with Gasteiger partial charge in [0.1, 0.15) is 11.9 Å². The van der Waals surface area contributed by atoms with E-state index in [0.717, 1.165) is 37.1 Å². The fraction of sp³-hybridized carbons (Fsp3) is 0.250. The molecule has 133 valence electrons. The molecule has 1 aromatic heterocycles. The number of rotatable bonds is 3. The number of fused-ring (bicyclic) bond motifs is 1. The molecule has 1 saturated heterocycles. The van der Waals surface area contributed by atoms with Gasteiger partial charge in [0, 0.05) is 54.3 Å². The Morgan fingerprint density at radius 2 is 1.85 bits per heavy atom. The summed E-state index contributed by atoms with van der Waals surface area (Å²) in [5.41, 5.74) is 1.82. The average Bonchev–Trinajstić information content (AvgIpc) is 2.65. The van der Waals surface area contributed by atoms with E-state index in [1.165, 1.54) is 6.07 Å². The van der Waals surface area contributed by atoms with Crippen LogP contribution in [0.15, 0.2) is 48.7 Å². The highest BCUT2D eigenvalue weighted by molar-refractivity contribution is 6.35. The summed E-state index contributed by atoms with van der Waals surface area (Å²) in [5, 5.41) is 13.6. The zero-order chi connectivity index (χ0) is 18.1. The van der Waals surface area contributed by atoms with E-state index in [1.54, 1.807) is 18.3 Å². The van der Waals surface area contributed by atoms with Crippen LogP contribution >= 0.6 is 23.2 Å². The van der Waals surface area contributed by atoms with Crippen LogP contribution in [0.1, 0.15) is 12.8 Å². The first-order valence-electron chi connectivity index (χ1n) is 8.52. The SMILES string of the molecule is [O]c1ccnc2cc(N3CCC(Oc4ccc(Cl)cc4Cl)CC3)ccc12. The van der Waals surface area contributed by atoms with Crippen LogP contribution in [0, 0.1) is 0 Å². The lowest BCUT2D eigenvalue weighted by Crippen LogP contribution is -2.38. The third-order valence-electron chi connectivity index (χ3n) is 4.68. The number of hydrogen-bond donors (Lipinski definition) is 0. The normalized spacial score (nSPS) is 15.4. The molecule has 0 N–H and O–H groups in total. The molecular formula is C20H17Cl2N2O2. The van der Waals surface area contributed by atoms with Gasteiger partial charge in [-0.05, 0) is 36.4 Å². The third kappa shape index (κ3) is 3.53. The van der Waals surface area contributed by atoms with Crippen LogP contribution in [-0.2, 0) is 5.11 Å². The van der Waals surface area contributed by atoms with Gasteiger partial charge in [-0.3, -0.25) is 10.1 Å². The molecule has 1 radical (unpaired) electrons. The van der Waals surface area contributed by atoms with Crippen LogP contribution in [0.3, 0.4) is 0 Å². The number of ether oxygens (including phenoxy) is 1. The van der Waals surface area contributed by atoms with Crippen molar-refractivity contribution in [1.29, 1.82) is 0 Å². The van der Waals surface area contributed by atoms with E-state index in [0.29, 0.717) is 21.2 Å². The van der Waals surface area contributed by atoms with Gasteiger partial charge in [-0.2, -0.15) is 0 Å². The number of piperidine rings is 1. The van der Waals surface area contributed by atoms with Crippen LogP contribution in [0.2, 0.25) is 10.0 Å². The van der Waals surface area contributed by atoms with E-state index >= 15 is 0 Å². The smallest absolute Gasteiger partial charge is 0.189 e. The fourth-order valence-corrected chi connectivity index (χ4v) is 3.74. The standard InChI is InChI=1S/C20H17Cl2N2O2/c21-13-1-4-20(17(22)11-13)26-15-6-9-24(10-7-15)14-2-3-16-18(12-14)23-8-5-19(16)25/h1-5,8,11-12,15H,6-7,9-10H2. The van der Waals surface area contributed by atoms with Crippen LogP contribution < -0.4 is 9.64 Å². The molecule has 4 rings (SSSR count). The Morgan fingerprint density at radius 1 is 1.04 bits per heavy atom. The lowest BCUT2D eigenvalue weighted by Gasteiger charge is -2.34. The van der Waals surface area contributed by atoms with Gasteiger partial charge in [-0.25, -0.2) is 0 Å². The number of nitrogens with zero attached hydrogens (tertiary/aromatic N) is 2. The molecule has 2 aromatic carbocycles. The highest BCUT2D eigenvalue weighted by Gasteiger charge is 2.22. The highest BCUT2D eigenvalue weighted by Crippen LogP contribution is 2.32. The molecule has 0 saturated carbocycles. The molecular weight excluding hydrogens is 371 g/mol. The van der Waals surface area contributed by atoms with Gasteiger partial charge >= 0.3 is 0 Å². The van der Waals surface area contributed by atoms with Crippen molar-refractivity contribution < 1.29 is 9.84 Å². The van der Waals surface area contributed by atoms with Gasteiger partial charge in [0.15, 0.2) is 5.75 Å². The topological polar surface area (TPSA) is 45.3 Å². The molecule has 0 atom stereocenters. The Balaban J connectivity index is 1.43. The first-order chi connectivity index (χ1) is 12.6. The van der Waals surface area contributed by atoms with Gasteiger partial charge in [-0.1, -0.05) is 23.2 Å². The Hall–Kier alpha value is -2.17. The van der Waals surface area contributed by atoms with Crippen LogP contribution in [0.25, 0.3) is 10.9 Å². The van der Waals surface area contributed by atoms with Crippen molar-refractivity contribution in [3.63, 3.8) is 0 Å². The molecule has 1 aliphatic heterocycles. The number of benzene rings is 2. The Morgan fingerprint density at radius 3 is 2.62 bits per heavy atom. The molecule has 0 bridgehead atoms. The quantitative estimate of drug-likeness (QED) is 0.575. The molecule has 4 nitrogen and oxygen atoms in total. The number of hydrogen-bond acceptors (Lipinski definition) is 3. The van der Waals surface area contributed by atoms with Gasteiger partial charge < -0.3 is 9.64 Å². The van der Waals surface area contributed by atoms with Crippen LogP contribution in [-0.4, -0.2) is 24.2 Å². The molecule has 3 aromatic rings. The first-order valence-corrected chi connectivity index (χ1v) is 9.28. The van der Waals surface area contributed by atoms with E-state index in [9.17, 15) is 5.11 Å². The monoisotopic (exact) mass is 387 g/mol. The summed E-state index contributed by atoms with van der Waals surface area (Å²) >= 11 is 12.1. The van der Waals surface area contributed by atoms with E-state index in [1.807, 2.05) is 24.3 Å². The van der Waals surface area contributed by atoms with Crippen LogP contribution in [0.5, 0.6) is 11.5 Å². The fourth-order valence-electron chi connectivity index (χ4n) is 3.29. The van der Waals surface area contributed by atoms with E-state index in [2.05, 4.69) is 9.88 Å². The number of aromatic nitrogens is 1. The second kappa shape index (κ2) is 7.22. The van der Waals surface area contributed by atoms with Crippen molar-refractivity contribution in [3.8, 4) is 11.5 Å². The summed E-state index contributed by atoms with van der Waals surface area (Å²) in [6.07, 6.45) is 3.47. The first kappa shape index (κ1) is 17.3. The molecule has 0 spiro atoms. The molecule has 1 aliphatic rings. The van der Waals surface area contributed by atoms with Crippen molar-refractivity contribution in [1.82, 2.24) is 4.98 Å². The summed E-state index contributed by atoms with van der Waals surface area (Å²) in [4.78, 5) is 6.60. The summed E-state index contributed by atoms with van der Waals surface area (Å²) in [5.74, 6) is 0.681. The van der Waals surface area contributed by atoms with Gasteiger partial charge in [-0.15, -0.1) is 0 Å². The van der Waals surface area contributed by atoms with Gasteiger partial charge in [0.25, 0.3) is 0 Å². The second-order valence-electron chi connectivity index (χ2n) is 6.39. The van der Waals surface area contributed by atoms with Crippen molar-refractivity contribution in [3.05, 3.63) is 58.7 Å². The maximum absolute atomic E-state index is 11.8. The van der Waals surface area contributed by atoms with E-state index in [-0.39, 0.29) is 11.9 Å². The molecule has 26 heavy (non-hydrogen) atoms. The number of halogens is 2. The summed E-state index contributed by atoms with van der Waals surface area (Å²) in [6, 6.07) is 12.6.